The van der Waals surface area contributed by atoms with Crippen LogP contribution in [0.3, 0.4) is 0 Å². The molecule has 3 atom stereocenters. The Hall–Kier alpha value is -1.35. The van der Waals surface area contributed by atoms with E-state index in [0.717, 1.165) is 12.8 Å². The molecule has 1 aromatic carbocycles. The molecule has 1 aliphatic heterocycles. The molecule has 3 nitrogen and oxygen atoms in total. The predicted octanol–water partition coefficient (Wildman–Crippen LogP) is 2.41. The summed E-state index contributed by atoms with van der Waals surface area (Å²) in [5.41, 5.74) is 0.455. The number of rotatable bonds is 3. The Morgan fingerprint density at radius 2 is 2.24 bits per heavy atom. The maximum atomic E-state index is 11.8. The van der Waals surface area contributed by atoms with Crippen molar-refractivity contribution in [1.29, 1.82) is 0 Å². The predicted molar refractivity (Wildman–Crippen MR) is 62.7 cm³/mol. The van der Waals surface area contributed by atoms with Gasteiger partial charge in [-0.1, -0.05) is 18.2 Å². The summed E-state index contributed by atoms with van der Waals surface area (Å²) in [6.45, 7) is 2.47. The van der Waals surface area contributed by atoms with Gasteiger partial charge < -0.3 is 9.47 Å². The Kier molecular flexibility index (Phi) is 2.44. The molecule has 1 aliphatic carbocycles. The summed E-state index contributed by atoms with van der Waals surface area (Å²) in [6.07, 6.45) is 2.45. The standard InChI is InChI=1S/C14H16O3/c1-10-7-12-8-14(12,17-10)9-16-13(15)11-5-3-2-4-6-11/h2-6,10,12H,7-9H2,1H3/t10-,12?,14?/m0/s1. The van der Waals surface area contributed by atoms with Crippen molar-refractivity contribution in [3.05, 3.63) is 35.9 Å². The van der Waals surface area contributed by atoms with Crippen molar-refractivity contribution in [2.45, 2.75) is 31.5 Å². The topological polar surface area (TPSA) is 35.5 Å². The summed E-state index contributed by atoms with van der Waals surface area (Å²) in [5, 5.41) is 0. The van der Waals surface area contributed by atoms with E-state index in [4.69, 9.17) is 9.47 Å². The van der Waals surface area contributed by atoms with Gasteiger partial charge in [0.05, 0.1) is 11.7 Å². The van der Waals surface area contributed by atoms with E-state index in [1.807, 2.05) is 18.2 Å². The molecule has 3 rings (SSSR count). The molecule has 3 heteroatoms. The Morgan fingerprint density at radius 3 is 2.88 bits per heavy atom. The van der Waals surface area contributed by atoms with Crippen LogP contribution in [0.2, 0.25) is 0 Å². The lowest BCUT2D eigenvalue weighted by molar-refractivity contribution is -0.0323. The van der Waals surface area contributed by atoms with Gasteiger partial charge in [-0.25, -0.2) is 4.79 Å². The number of hydrogen-bond donors (Lipinski definition) is 0. The van der Waals surface area contributed by atoms with Crippen molar-refractivity contribution in [2.24, 2.45) is 5.92 Å². The maximum absolute atomic E-state index is 11.8. The highest BCUT2D eigenvalue weighted by atomic mass is 16.6. The van der Waals surface area contributed by atoms with E-state index in [2.05, 4.69) is 6.92 Å². The fourth-order valence-corrected chi connectivity index (χ4v) is 2.71. The first-order valence-corrected chi connectivity index (χ1v) is 6.10. The fourth-order valence-electron chi connectivity index (χ4n) is 2.71. The number of hydrogen-bond acceptors (Lipinski definition) is 3. The number of carbonyl (C=O) groups excluding carboxylic acids is 1. The molecule has 1 aromatic rings. The monoisotopic (exact) mass is 232 g/mol. The summed E-state index contributed by atoms with van der Waals surface area (Å²) in [7, 11) is 0. The highest BCUT2D eigenvalue weighted by Gasteiger charge is 2.61. The van der Waals surface area contributed by atoms with Crippen LogP contribution in [0.25, 0.3) is 0 Å². The second-order valence-corrected chi connectivity index (χ2v) is 5.07. The second kappa shape index (κ2) is 3.84. The summed E-state index contributed by atoms with van der Waals surface area (Å²) in [6, 6.07) is 9.09. The Balaban J connectivity index is 1.57. The van der Waals surface area contributed by atoms with Crippen molar-refractivity contribution in [2.75, 3.05) is 6.61 Å². The van der Waals surface area contributed by atoms with Crippen molar-refractivity contribution < 1.29 is 14.3 Å². The minimum Gasteiger partial charge on any atom is -0.459 e. The third-order valence-corrected chi connectivity index (χ3v) is 3.69. The van der Waals surface area contributed by atoms with Crippen LogP contribution in [-0.4, -0.2) is 24.3 Å². The Labute approximate surface area is 101 Å². The second-order valence-electron chi connectivity index (χ2n) is 5.07. The minimum atomic E-state index is -0.256. The molecule has 0 bridgehead atoms. The summed E-state index contributed by atoms with van der Waals surface area (Å²) in [5.74, 6) is 0.342. The lowest BCUT2D eigenvalue weighted by Gasteiger charge is -2.15. The number of fused-ring (bicyclic) bond motifs is 1. The first kappa shape index (κ1) is 10.8. The van der Waals surface area contributed by atoms with Crippen molar-refractivity contribution in [1.82, 2.24) is 0 Å². The van der Waals surface area contributed by atoms with Crippen molar-refractivity contribution in [3.63, 3.8) is 0 Å². The van der Waals surface area contributed by atoms with Gasteiger partial charge in [0.1, 0.15) is 12.2 Å². The van der Waals surface area contributed by atoms with E-state index in [-0.39, 0.29) is 11.6 Å². The smallest absolute Gasteiger partial charge is 0.338 e. The van der Waals surface area contributed by atoms with Crippen LogP contribution in [-0.2, 0) is 9.47 Å². The van der Waals surface area contributed by atoms with E-state index in [1.165, 1.54) is 0 Å². The minimum absolute atomic E-state index is 0.149. The summed E-state index contributed by atoms with van der Waals surface area (Å²) >= 11 is 0. The van der Waals surface area contributed by atoms with Crippen LogP contribution in [0.15, 0.2) is 30.3 Å². The molecule has 2 fully saturated rings. The zero-order valence-corrected chi connectivity index (χ0v) is 9.89. The summed E-state index contributed by atoms with van der Waals surface area (Å²) < 4.78 is 11.2. The van der Waals surface area contributed by atoms with E-state index in [1.54, 1.807) is 12.1 Å². The van der Waals surface area contributed by atoms with Gasteiger partial charge in [0.2, 0.25) is 0 Å². The molecule has 90 valence electrons. The van der Waals surface area contributed by atoms with Crippen LogP contribution in [0.4, 0.5) is 0 Å². The van der Waals surface area contributed by atoms with Crippen LogP contribution >= 0.6 is 0 Å². The van der Waals surface area contributed by atoms with E-state index >= 15 is 0 Å². The average molecular weight is 232 g/mol. The van der Waals surface area contributed by atoms with E-state index in [0.29, 0.717) is 24.2 Å². The quantitative estimate of drug-likeness (QED) is 0.751. The van der Waals surface area contributed by atoms with Gasteiger partial charge in [0.25, 0.3) is 0 Å². The number of benzene rings is 1. The first-order chi connectivity index (χ1) is 8.20. The van der Waals surface area contributed by atoms with Gasteiger partial charge in [0.15, 0.2) is 0 Å². The van der Waals surface area contributed by atoms with Crippen LogP contribution < -0.4 is 0 Å². The number of carbonyl (C=O) groups is 1. The van der Waals surface area contributed by atoms with Gasteiger partial charge in [-0.15, -0.1) is 0 Å². The average Bonchev–Trinajstić information content (AvgIpc) is 2.90. The lowest BCUT2D eigenvalue weighted by Crippen LogP contribution is -2.24. The van der Waals surface area contributed by atoms with Crippen molar-refractivity contribution in [3.8, 4) is 0 Å². The molecular formula is C14H16O3. The fraction of sp³-hybridized carbons (Fsp3) is 0.500. The molecule has 1 saturated carbocycles. The molecule has 2 aliphatic rings. The van der Waals surface area contributed by atoms with E-state index < -0.39 is 0 Å². The van der Waals surface area contributed by atoms with Crippen molar-refractivity contribution >= 4 is 5.97 Å². The third-order valence-electron chi connectivity index (χ3n) is 3.69. The zero-order chi connectivity index (χ0) is 11.9. The molecule has 0 radical (unpaired) electrons. The highest BCUT2D eigenvalue weighted by Crippen LogP contribution is 2.56. The molecule has 17 heavy (non-hydrogen) atoms. The normalized spacial score (nSPS) is 34.2. The zero-order valence-electron chi connectivity index (χ0n) is 9.89. The Bertz CT molecular complexity index is 428. The van der Waals surface area contributed by atoms with Crippen LogP contribution in [0.1, 0.15) is 30.1 Å². The highest BCUT2D eigenvalue weighted by molar-refractivity contribution is 5.89. The molecule has 0 aromatic heterocycles. The first-order valence-electron chi connectivity index (χ1n) is 6.10. The SMILES string of the molecule is C[C@H]1CC2CC2(COC(=O)c2ccccc2)O1. The molecule has 0 spiro atoms. The van der Waals surface area contributed by atoms with Gasteiger partial charge in [-0.3, -0.25) is 0 Å². The molecule has 2 unspecified atom stereocenters. The lowest BCUT2D eigenvalue weighted by atomic mass is 10.2. The summed E-state index contributed by atoms with van der Waals surface area (Å²) in [4.78, 5) is 11.8. The van der Waals surface area contributed by atoms with Gasteiger partial charge >= 0.3 is 5.97 Å². The third kappa shape index (κ3) is 1.95. The number of ether oxygens (including phenoxy) is 2. The van der Waals surface area contributed by atoms with Gasteiger partial charge in [0, 0.05) is 0 Å². The molecule has 0 N–H and O–H groups in total. The van der Waals surface area contributed by atoms with Crippen LogP contribution in [0.5, 0.6) is 0 Å². The Morgan fingerprint density at radius 1 is 1.47 bits per heavy atom. The molecule has 1 saturated heterocycles. The molecular weight excluding hydrogens is 216 g/mol. The largest absolute Gasteiger partial charge is 0.459 e. The molecule has 0 amide bonds. The van der Waals surface area contributed by atoms with Gasteiger partial charge in [-0.05, 0) is 37.8 Å². The number of esters is 1. The van der Waals surface area contributed by atoms with Crippen LogP contribution in [0, 0.1) is 5.92 Å². The van der Waals surface area contributed by atoms with E-state index in [9.17, 15) is 4.79 Å². The molecule has 1 heterocycles. The maximum Gasteiger partial charge on any atom is 0.338 e. The van der Waals surface area contributed by atoms with Gasteiger partial charge in [-0.2, -0.15) is 0 Å².